The molecule has 8 heteroatoms. The van der Waals surface area contributed by atoms with E-state index in [2.05, 4.69) is 20.4 Å². The van der Waals surface area contributed by atoms with Gasteiger partial charge in [-0.15, -0.1) is 11.8 Å². The molecule has 2 N–H and O–H groups in total. The molecular formula is C26H32N4O3S. The third kappa shape index (κ3) is 5.06. The van der Waals surface area contributed by atoms with Crippen LogP contribution in [0.2, 0.25) is 0 Å². The number of esters is 1. The zero-order valence-electron chi connectivity index (χ0n) is 20.2. The molecule has 1 aliphatic heterocycles. The summed E-state index contributed by atoms with van der Waals surface area (Å²) in [6.07, 6.45) is 6.15. The highest BCUT2D eigenvalue weighted by Gasteiger charge is 2.42. The van der Waals surface area contributed by atoms with Crippen molar-refractivity contribution in [3.63, 3.8) is 0 Å². The fourth-order valence-electron chi connectivity index (χ4n) is 4.74. The summed E-state index contributed by atoms with van der Waals surface area (Å²) in [5.41, 5.74) is 8.05. The summed E-state index contributed by atoms with van der Waals surface area (Å²) in [6, 6.07) is 9.18. The molecule has 0 bridgehead atoms. The Labute approximate surface area is 205 Å². The second kappa shape index (κ2) is 10.5. The van der Waals surface area contributed by atoms with Crippen LogP contribution in [-0.4, -0.2) is 34.6 Å². The number of aromatic nitrogens is 1. The van der Waals surface area contributed by atoms with Crippen LogP contribution >= 0.6 is 11.8 Å². The number of hydrogen-bond donors (Lipinski definition) is 2. The molecular weight excluding hydrogens is 448 g/mol. The first-order chi connectivity index (χ1) is 16.4. The number of hydrogen-bond acceptors (Lipinski definition) is 5. The second-order valence-corrected chi connectivity index (χ2v) is 10.1. The largest absolute Gasteiger partial charge is 0.463 e. The molecule has 2 amide bonds. The molecule has 1 fully saturated rings. The number of carbonyl (C=O) groups is 2. The van der Waals surface area contributed by atoms with Gasteiger partial charge in [-0.3, -0.25) is 0 Å². The van der Waals surface area contributed by atoms with Gasteiger partial charge in [0.1, 0.15) is 0 Å². The van der Waals surface area contributed by atoms with Gasteiger partial charge in [0.15, 0.2) is 0 Å². The van der Waals surface area contributed by atoms with Gasteiger partial charge in [-0.05, 0) is 58.7 Å². The van der Waals surface area contributed by atoms with Gasteiger partial charge in [0.2, 0.25) is 0 Å². The average molecular weight is 481 g/mol. The van der Waals surface area contributed by atoms with Crippen LogP contribution in [0.4, 0.5) is 10.5 Å². The Morgan fingerprint density at radius 2 is 1.91 bits per heavy atom. The number of nitrogens with one attached hydrogen (secondary N) is 2. The smallest absolute Gasteiger partial charge is 0.339 e. The van der Waals surface area contributed by atoms with Crippen LogP contribution < -0.4 is 10.7 Å². The molecule has 4 rings (SSSR count). The molecule has 2 aliphatic rings. The summed E-state index contributed by atoms with van der Waals surface area (Å²) in [5.74, 6) is 0.0508. The highest BCUT2D eigenvalue weighted by Crippen LogP contribution is 2.52. The fourth-order valence-corrected chi connectivity index (χ4v) is 6.50. The number of benzene rings is 1. The highest BCUT2D eigenvalue weighted by molar-refractivity contribution is 8.08. The molecule has 7 nitrogen and oxygen atoms in total. The van der Waals surface area contributed by atoms with Crippen molar-refractivity contribution in [1.29, 1.82) is 0 Å². The molecule has 180 valence electrons. The van der Waals surface area contributed by atoms with E-state index >= 15 is 0 Å². The topological polar surface area (TPSA) is 84.7 Å². The van der Waals surface area contributed by atoms with Gasteiger partial charge in [0, 0.05) is 33.8 Å². The maximum Gasteiger partial charge on any atom is 0.339 e. The fraction of sp³-hybridized carbons (Fsp3) is 0.423. The number of carbonyl (C=O) groups excluding carboxylic acids is 2. The number of rotatable bonds is 6. The molecule has 1 aromatic carbocycles. The minimum atomic E-state index is -0.406. The maximum absolute atomic E-state index is 12.9. The third-order valence-electron chi connectivity index (χ3n) is 6.41. The quantitative estimate of drug-likeness (QED) is 0.320. The van der Waals surface area contributed by atoms with Crippen LogP contribution in [-0.2, 0) is 9.53 Å². The molecule has 2 aromatic rings. The first-order valence-corrected chi connectivity index (χ1v) is 12.7. The number of anilines is 1. The summed E-state index contributed by atoms with van der Waals surface area (Å²) in [4.78, 5) is 25.1. The molecule has 0 radical (unpaired) electrons. The summed E-state index contributed by atoms with van der Waals surface area (Å²) < 4.78 is 7.60. The van der Waals surface area contributed by atoms with Crippen molar-refractivity contribution >= 4 is 40.7 Å². The zero-order valence-corrected chi connectivity index (χ0v) is 21.0. The minimum absolute atomic E-state index is 0.198. The van der Waals surface area contributed by atoms with Crippen LogP contribution in [0.15, 0.2) is 41.0 Å². The second-order valence-electron chi connectivity index (χ2n) is 8.84. The Kier molecular flexibility index (Phi) is 7.46. The molecule has 1 aromatic heterocycles. The van der Waals surface area contributed by atoms with E-state index in [1.807, 2.05) is 58.0 Å². The van der Waals surface area contributed by atoms with Gasteiger partial charge in [-0.1, -0.05) is 30.5 Å². The lowest BCUT2D eigenvalue weighted by molar-refractivity contribution is -0.139. The molecule has 34 heavy (non-hydrogen) atoms. The monoisotopic (exact) mass is 480 g/mol. The van der Waals surface area contributed by atoms with E-state index in [9.17, 15) is 9.59 Å². The number of thioether (sulfide) groups is 1. The lowest BCUT2D eigenvalue weighted by atomic mass is 9.84. The van der Waals surface area contributed by atoms with E-state index in [0.29, 0.717) is 17.5 Å². The van der Waals surface area contributed by atoms with Gasteiger partial charge in [0.05, 0.1) is 23.4 Å². The average Bonchev–Trinajstić information content (AvgIpc) is 3.32. The van der Waals surface area contributed by atoms with Crippen LogP contribution in [0.25, 0.3) is 5.03 Å². The van der Waals surface area contributed by atoms with Crippen LogP contribution in [0.5, 0.6) is 0 Å². The van der Waals surface area contributed by atoms with E-state index in [0.717, 1.165) is 52.4 Å². The van der Waals surface area contributed by atoms with E-state index in [1.54, 1.807) is 18.0 Å². The van der Waals surface area contributed by atoms with Crippen molar-refractivity contribution in [1.82, 2.24) is 9.99 Å². The molecule has 2 atom stereocenters. The Morgan fingerprint density at radius 3 is 2.65 bits per heavy atom. The Hall–Kier alpha value is -3.00. The van der Waals surface area contributed by atoms with E-state index < -0.39 is 6.03 Å². The first kappa shape index (κ1) is 24.1. The number of ether oxygens (including phenoxy) is 1. The van der Waals surface area contributed by atoms with Gasteiger partial charge in [-0.2, -0.15) is 5.10 Å². The van der Waals surface area contributed by atoms with Crippen molar-refractivity contribution < 1.29 is 14.3 Å². The Morgan fingerprint density at radius 1 is 1.18 bits per heavy atom. The van der Waals surface area contributed by atoms with Crippen LogP contribution in [0.1, 0.15) is 55.1 Å². The summed E-state index contributed by atoms with van der Waals surface area (Å²) >= 11 is 1.80. The molecule has 0 saturated heterocycles. The van der Waals surface area contributed by atoms with Gasteiger partial charge < -0.3 is 14.6 Å². The highest BCUT2D eigenvalue weighted by atomic mass is 32.2. The molecule has 1 aliphatic carbocycles. The molecule has 1 saturated carbocycles. The van der Waals surface area contributed by atoms with E-state index in [-0.39, 0.29) is 11.9 Å². The van der Waals surface area contributed by atoms with Gasteiger partial charge >= 0.3 is 12.0 Å². The van der Waals surface area contributed by atoms with Crippen LogP contribution in [0.3, 0.4) is 0 Å². The lowest BCUT2D eigenvalue weighted by Crippen LogP contribution is -2.24. The molecule has 2 heterocycles. The normalized spacial score (nSPS) is 19.9. The van der Waals surface area contributed by atoms with Crippen molar-refractivity contribution in [2.24, 2.45) is 11.0 Å². The third-order valence-corrected chi connectivity index (χ3v) is 7.91. The van der Waals surface area contributed by atoms with Crippen molar-refractivity contribution in [2.45, 2.75) is 58.6 Å². The van der Waals surface area contributed by atoms with E-state index in [4.69, 9.17) is 4.74 Å². The standard InChI is InChI=1S/C26H32N4O3S/c1-5-33-25(31)23-21-8-6-7-9-22(21)34-24(23)30-17(3)14-19(18(30)4)15-27-29-26(32)28-20-12-10-16(2)11-13-20/h10-15,21-22H,5-9H2,1-4H3,(H2,28,29,32)/b27-15-/t21-,22+/m0/s1. The Balaban J connectivity index is 1.54. The SMILES string of the molecule is CCOC(=O)C1=C(n2c(C)cc(/C=N\NC(=O)Nc3ccc(C)cc3)c2C)S[C@@H]2CCCC[C@H]12. The maximum atomic E-state index is 12.9. The van der Waals surface area contributed by atoms with Crippen LogP contribution in [0, 0.1) is 26.7 Å². The van der Waals surface area contributed by atoms with Gasteiger partial charge in [-0.25, -0.2) is 15.0 Å². The lowest BCUT2D eigenvalue weighted by Gasteiger charge is -2.25. The molecule has 0 spiro atoms. The van der Waals surface area contributed by atoms with Crippen molar-refractivity contribution in [2.75, 3.05) is 11.9 Å². The number of nitrogens with zero attached hydrogens (tertiary/aromatic N) is 2. The number of fused-ring (bicyclic) bond motifs is 1. The first-order valence-electron chi connectivity index (χ1n) is 11.8. The number of amides is 2. The summed E-state index contributed by atoms with van der Waals surface area (Å²) in [7, 11) is 0. The summed E-state index contributed by atoms with van der Waals surface area (Å²) in [6.45, 7) is 8.25. The number of aryl methyl sites for hydroxylation is 2. The predicted molar refractivity (Wildman–Crippen MR) is 138 cm³/mol. The predicted octanol–water partition coefficient (Wildman–Crippen LogP) is 5.61. The van der Waals surface area contributed by atoms with Gasteiger partial charge in [0.25, 0.3) is 0 Å². The Bertz CT molecular complexity index is 1130. The zero-order chi connectivity index (χ0) is 24.2. The number of hydrazone groups is 1. The number of urea groups is 1. The molecule has 0 unspecified atom stereocenters. The van der Waals surface area contributed by atoms with E-state index in [1.165, 1.54) is 6.42 Å². The minimum Gasteiger partial charge on any atom is -0.463 e. The van der Waals surface area contributed by atoms with Crippen molar-refractivity contribution in [3.05, 3.63) is 58.4 Å². The van der Waals surface area contributed by atoms with Crippen molar-refractivity contribution in [3.8, 4) is 0 Å². The summed E-state index contributed by atoms with van der Waals surface area (Å²) in [5, 5.41) is 8.30.